The smallest absolute Gasteiger partial charge is 0.234 e. The SMILES string of the molecule is Cc1ccc(C)c(SCC(=O)Nc2cc(S(C)(=O)=O)ccc2C)c1. The maximum atomic E-state index is 12.2. The Labute approximate surface area is 147 Å². The minimum Gasteiger partial charge on any atom is -0.325 e. The molecule has 0 aliphatic carbocycles. The van der Waals surface area contributed by atoms with Crippen LogP contribution < -0.4 is 5.32 Å². The van der Waals surface area contributed by atoms with Gasteiger partial charge in [0.15, 0.2) is 9.84 Å². The molecular formula is C18H21NO3S2. The summed E-state index contributed by atoms with van der Waals surface area (Å²) in [5.74, 6) is 0.113. The molecule has 0 saturated carbocycles. The lowest BCUT2D eigenvalue weighted by molar-refractivity contribution is -0.113. The van der Waals surface area contributed by atoms with Gasteiger partial charge in [-0.3, -0.25) is 4.79 Å². The van der Waals surface area contributed by atoms with Crippen molar-refractivity contribution in [2.45, 2.75) is 30.6 Å². The van der Waals surface area contributed by atoms with E-state index >= 15 is 0 Å². The van der Waals surface area contributed by atoms with E-state index in [9.17, 15) is 13.2 Å². The highest BCUT2D eigenvalue weighted by atomic mass is 32.2. The molecule has 2 aromatic carbocycles. The van der Waals surface area contributed by atoms with Gasteiger partial charge in [-0.1, -0.05) is 23.8 Å². The van der Waals surface area contributed by atoms with Crippen LogP contribution >= 0.6 is 11.8 Å². The largest absolute Gasteiger partial charge is 0.325 e. The Morgan fingerprint density at radius 1 is 1.04 bits per heavy atom. The fourth-order valence-corrected chi connectivity index (χ4v) is 3.73. The van der Waals surface area contributed by atoms with Crippen LogP contribution in [0.4, 0.5) is 5.69 Å². The Morgan fingerprint density at radius 3 is 2.38 bits per heavy atom. The summed E-state index contributed by atoms with van der Waals surface area (Å²) in [5.41, 5.74) is 3.64. The van der Waals surface area contributed by atoms with Crippen LogP contribution in [0.25, 0.3) is 0 Å². The molecule has 0 heterocycles. The van der Waals surface area contributed by atoms with Gasteiger partial charge in [0, 0.05) is 16.8 Å². The van der Waals surface area contributed by atoms with Crippen molar-refractivity contribution in [3.05, 3.63) is 53.1 Å². The number of hydrogen-bond donors (Lipinski definition) is 1. The minimum atomic E-state index is -3.30. The molecule has 4 nitrogen and oxygen atoms in total. The van der Waals surface area contributed by atoms with Crippen LogP contribution in [-0.2, 0) is 14.6 Å². The van der Waals surface area contributed by atoms with Crippen molar-refractivity contribution >= 4 is 33.2 Å². The third kappa shape index (κ3) is 4.85. The predicted molar refractivity (Wildman–Crippen MR) is 99.6 cm³/mol. The number of rotatable bonds is 5. The average Bonchev–Trinajstić information content (AvgIpc) is 2.49. The van der Waals surface area contributed by atoms with E-state index in [4.69, 9.17) is 0 Å². The Balaban J connectivity index is 2.09. The predicted octanol–water partition coefficient (Wildman–Crippen LogP) is 3.75. The van der Waals surface area contributed by atoms with E-state index in [1.54, 1.807) is 12.1 Å². The van der Waals surface area contributed by atoms with Crippen molar-refractivity contribution < 1.29 is 13.2 Å². The van der Waals surface area contributed by atoms with Gasteiger partial charge in [0.1, 0.15) is 0 Å². The highest BCUT2D eigenvalue weighted by molar-refractivity contribution is 8.00. The third-order valence-corrected chi connectivity index (χ3v) is 5.88. The van der Waals surface area contributed by atoms with Crippen LogP contribution in [0.3, 0.4) is 0 Å². The van der Waals surface area contributed by atoms with Gasteiger partial charge in [0.2, 0.25) is 5.91 Å². The van der Waals surface area contributed by atoms with Crippen LogP contribution in [0, 0.1) is 20.8 Å². The van der Waals surface area contributed by atoms with Gasteiger partial charge in [-0.25, -0.2) is 8.42 Å². The second-order valence-corrected chi connectivity index (χ2v) is 8.89. The van der Waals surface area contributed by atoms with Gasteiger partial charge in [-0.05, 0) is 50.1 Å². The summed E-state index contributed by atoms with van der Waals surface area (Å²) in [6.07, 6.45) is 1.15. The number of aryl methyl sites for hydroxylation is 3. The second-order valence-electron chi connectivity index (χ2n) is 5.85. The molecule has 0 saturated heterocycles. The molecule has 0 radical (unpaired) electrons. The van der Waals surface area contributed by atoms with Gasteiger partial charge < -0.3 is 5.32 Å². The van der Waals surface area contributed by atoms with Gasteiger partial charge in [0.05, 0.1) is 10.6 Å². The number of nitrogens with one attached hydrogen (secondary N) is 1. The summed E-state index contributed by atoms with van der Waals surface area (Å²) < 4.78 is 23.3. The first kappa shape index (κ1) is 18.5. The van der Waals surface area contributed by atoms with Crippen LogP contribution in [0.2, 0.25) is 0 Å². The highest BCUT2D eigenvalue weighted by Gasteiger charge is 2.12. The van der Waals surface area contributed by atoms with Crippen LogP contribution in [-0.4, -0.2) is 26.3 Å². The molecule has 0 aliphatic heterocycles. The summed E-state index contributed by atoms with van der Waals surface area (Å²) in [5, 5.41) is 2.80. The number of benzene rings is 2. The average molecular weight is 364 g/mol. The topological polar surface area (TPSA) is 63.2 Å². The van der Waals surface area contributed by atoms with Gasteiger partial charge in [-0.2, -0.15) is 0 Å². The fourth-order valence-electron chi connectivity index (χ4n) is 2.16. The fraction of sp³-hybridized carbons (Fsp3) is 0.278. The first-order valence-corrected chi connectivity index (χ1v) is 10.3. The molecule has 128 valence electrons. The standard InChI is InChI=1S/C18H21NO3S2/c1-12-5-6-14(3)17(9-12)23-11-18(20)19-16-10-15(24(4,21)22)8-7-13(16)2/h5-10H,11H2,1-4H3,(H,19,20). The highest BCUT2D eigenvalue weighted by Crippen LogP contribution is 2.25. The lowest BCUT2D eigenvalue weighted by atomic mass is 10.2. The molecule has 0 fully saturated rings. The summed E-state index contributed by atoms with van der Waals surface area (Å²) in [7, 11) is -3.30. The molecule has 0 atom stereocenters. The molecule has 1 amide bonds. The van der Waals surface area contributed by atoms with E-state index in [2.05, 4.69) is 11.4 Å². The van der Waals surface area contributed by atoms with Crippen molar-refractivity contribution in [1.82, 2.24) is 0 Å². The zero-order chi connectivity index (χ0) is 17.9. The molecule has 0 aromatic heterocycles. The number of anilines is 1. The van der Waals surface area contributed by atoms with Crippen LogP contribution in [0.15, 0.2) is 46.2 Å². The van der Waals surface area contributed by atoms with Crippen LogP contribution in [0.1, 0.15) is 16.7 Å². The number of thioether (sulfide) groups is 1. The first-order valence-electron chi connectivity index (χ1n) is 7.47. The van der Waals surface area contributed by atoms with E-state index < -0.39 is 9.84 Å². The van der Waals surface area contributed by atoms with Gasteiger partial charge >= 0.3 is 0 Å². The third-order valence-electron chi connectivity index (χ3n) is 3.61. The quantitative estimate of drug-likeness (QED) is 0.822. The summed E-state index contributed by atoms with van der Waals surface area (Å²) >= 11 is 1.47. The second kappa shape index (κ2) is 7.40. The van der Waals surface area contributed by atoms with Gasteiger partial charge in [-0.15, -0.1) is 11.8 Å². The molecule has 6 heteroatoms. The van der Waals surface area contributed by atoms with E-state index in [1.807, 2.05) is 32.9 Å². The van der Waals surface area contributed by atoms with E-state index in [0.29, 0.717) is 5.69 Å². The minimum absolute atomic E-state index is 0.158. The van der Waals surface area contributed by atoms with E-state index in [1.165, 1.54) is 17.8 Å². The zero-order valence-corrected chi connectivity index (χ0v) is 15.8. The van der Waals surface area contributed by atoms with Crippen molar-refractivity contribution in [3.63, 3.8) is 0 Å². The van der Waals surface area contributed by atoms with E-state index in [0.717, 1.165) is 27.8 Å². The molecule has 2 rings (SSSR count). The molecular weight excluding hydrogens is 342 g/mol. The number of carbonyl (C=O) groups is 1. The molecule has 0 bridgehead atoms. The van der Waals surface area contributed by atoms with Crippen molar-refractivity contribution in [2.24, 2.45) is 0 Å². The zero-order valence-electron chi connectivity index (χ0n) is 14.2. The first-order chi connectivity index (χ1) is 11.2. The summed E-state index contributed by atoms with van der Waals surface area (Å²) in [6.45, 7) is 5.86. The number of sulfone groups is 1. The summed E-state index contributed by atoms with van der Waals surface area (Å²) in [6, 6.07) is 10.9. The Bertz CT molecular complexity index is 874. The lowest BCUT2D eigenvalue weighted by Crippen LogP contribution is -2.15. The maximum absolute atomic E-state index is 12.2. The molecule has 0 aliphatic rings. The van der Waals surface area contributed by atoms with E-state index in [-0.39, 0.29) is 16.6 Å². The molecule has 2 aromatic rings. The van der Waals surface area contributed by atoms with Crippen LogP contribution in [0.5, 0.6) is 0 Å². The van der Waals surface area contributed by atoms with Gasteiger partial charge in [0.25, 0.3) is 0 Å². The monoisotopic (exact) mass is 363 g/mol. The summed E-state index contributed by atoms with van der Waals surface area (Å²) in [4.78, 5) is 13.5. The Kier molecular flexibility index (Phi) is 5.72. The molecule has 1 N–H and O–H groups in total. The lowest BCUT2D eigenvalue weighted by Gasteiger charge is -2.11. The van der Waals surface area contributed by atoms with Crippen molar-refractivity contribution in [2.75, 3.05) is 17.3 Å². The number of amides is 1. The number of carbonyl (C=O) groups excluding carboxylic acids is 1. The Hall–Kier alpha value is -1.79. The van der Waals surface area contributed by atoms with Crippen molar-refractivity contribution in [1.29, 1.82) is 0 Å². The maximum Gasteiger partial charge on any atom is 0.234 e. The molecule has 24 heavy (non-hydrogen) atoms. The van der Waals surface area contributed by atoms with Crippen molar-refractivity contribution in [3.8, 4) is 0 Å². The molecule has 0 unspecified atom stereocenters. The Morgan fingerprint density at radius 2 is 1.71 bits per heavy atom. The molecule has 0 spiro atoms. The number of hydrogen-bond acceptors (Lipinski definition) is 4. The normalized spacial score (nSPS) is 11.3.